The maximum atomic E-state index is 13.4. The van der Waals surface area contributed by atoms with Crippen LogP contribution in [0.15, 0.2) is 30.7 Å². The van der Waals surface area contributed by atoms with Crippen molar-refractivity contribution in [2.24, 2.45) is 0 Å². The highest BCUT2D eigenvalue weighted by atomic mass is 19.1. The maximum Gasteiger partial charge on any atom is 0.127 e. The molecule has 0 bridgehead atoms. The van der Waals surface area contributed by atoms with Crippen molar-refractivity contribution in [3.8, 4) is 0 Å². The molecule has 1 heterocycles. The minimum atomic E-state index is -0.424. The molecule has 5 heteroatoms. The van der Waals surface area contributed by atoms with Crippen molar-refractivity contribution in [3.05, 3.63) is 53.6 Å². The number of benzene rings is 1. The van der Waals surface area contributed by atoms with Gasteiger partial charge in [-0.3, -0.25) is 0 Å². The van der Waals surface area contributed by atoms with Crippen LogP contribution in [0.1, 0.15) is 18.2 Å². The summed E-state index contributed by atoms with van der Waals surface area (Å²) in [6, 6.07) is 3.47. The second-order valence-electron chi connectivity index (χ2n) is 4.01. The van der Waals surface area contributed by atoms with Gasteiger partial charge in [0.25, 0.3) is 0 Å². The first-order valence-electron chi connectivity index (χ1n) is 5.84. The minimum absolute atomic E-state index is 0.290. The maximum absolute atomic E-state index is 13.4. The lowest BCUT2D eigenvalue weighted by atomic mass is 10.2. The number of hydrogen-bond acceptors (Lipinski definition) is 2. The van der Waals surface area contributed by atoms with Crippen LogP contribution in [0.4, 0.5) is 8.78 Å². The molecular formula is C13H15F2N3. The first-order chi connectivity index (χ1) is 8.70. The number of aromatic nitrogens is 2. The van der Waals surface area contributed by atoms with Gasteiger partial charge in [-0.2, -0.15) is 0 Å². The summed E-state index contributed by atoms with van der Waals surface area (Å²) in [6.07, 6.45) is 3.51. The van der Waals surface area contributed by atoms with E-state index in [1.165, 1.54) is 6.07 Å². The highest BCUT2D eigenvalue weighted by Gasteiger charge is 2.04. The fourth-order valence-corrected chi connectivity index (χ4v) is 1.78. The molecule has 96 valence electrons. The summed E-state index contributed by atoms with van der Waals surface area (Å²) < 4.78 is 28.3. The van der Waals surface area contributed by atoms with Gasteiger partial charge in [-0.25, -0.2) is 13.8 Å². The van der Waals surface area contributed by atoms with Gasteiger partial charge in [0.05, 0.1) is 12.0 Å². The van der Waals surface area contributed by atoms with Crippen LogP contribution in [0, 0.1) is 11.6 Å². The van der Waals surface area contributed by atoms with Gasteiger partial charge in [0, 0.05) is 31.4 Å². The Bertz CT molecular complexity index is 523. The molecule has 3 nitrogen and oxygen atoms in total. The van der Waals surface area contributed by atoms with E-state index in [0.29, 0.717) is 18.7 Å². The van der Waals surface area contributed by atoms with E-state index in [0.717, 1.165) is 24.4 Å². The van der Waals surface area contributed by atoms with Gasteiger partial charge in [0.1, 0.15) is 11.6 Å². The van der Waals surface area contributed by atoms with E-state index in [1.54, 1.807) is 12.5 Å². The Morgan fingerprint density at radius 2 is 2.11 bits per heavy atom. The second kappa shape index (κ2) is 5.73. The number of nitrogens with zero attached hydrogens (tertiary/aromatic N) is 2. The fourth-order valence-electron chi connectivity index (χ4n) is 1.78. The first-order valence-corrected chi connectivity index (χ1v) is 5.84. The summed E-state index contributed by atoms with van der Waals surface area (Å²) in [4.78, 5) is 4.04. The molecule has 0 fully saturated rings. The SMILES string of the molecule is CCn1cncc1CNCc1cc(F)ccc1F. The molecule has 0 aliphatic heterocycles. The predicted molar refractivity (Wildman–Crippen MR) is 64.8 cm³/mol. The summed E-state index contributed by atoms with van der Waals surface area (Å²) in [7, 11) is 0. The molecule has 0 saturated heterocycles. The molecule has 18 heavy (non-hydrogen) atoms. The smallest absolute Gasteiger partial charge is 0.127 e. The van der Waals surface area contributed by atoms with E-state index in [2.05, 4.69) is 10.3 Å². The lowest BCUT2D eigenvalue weighted by molar-refractivity contribution is 0.562. The Labute approximate surface area is 104 Å². The molecular weight excluding hydrogens is 236 g/mol. The summed E-state index contributed by atoms with van der Waals surface area (Å²) in [5.74, 6) is -0.820. The van der Waals surface area contributed by atoms with Crippen molar-refractivity contribution < 1.29 is 8.78 Å². The highest BCUT2D eigenvalue weighted by Crippen LogP contribution is 2.09. The Morgan fingerprint density at radius 1 is 1.28 bits per heavy atom. The van der Waals surface area contributed by atoms with Crippen LogP contribution in [0.2, 0.25) is 0 Å². The molecule has 0 atom stereocenters. The number of hydrogen-bond donors (Lipinski definition) is 1. The van der Waals surface area contributed by atoms with Crippen molar-refractivity contribution in [2.45, 2.75) is 26.6 Å². The van der Waals surface area contributed by atoms with Gasteiger partial charge in [-0.15, -0.1) is 0 Å². The molecule has 2 rings (SSSR count). The molecule has 0 aliphatic carbocycles. The summed E-state index contributed by atoms with van der Waals surface area (Å²) in [5.41, 5.74) is 1.35. The number of imidazole rings is 1. The third-order valence-electron chi connectivity index (χ3n) is 2.77. The lowest BCUT2D eigenvalue weighted by Crippen LogP contribution is -2.16. The average Bonchev–Trinajstić information content (AvgIpc) is 2.81. The zero-order valence-electron chi connectivity index (χ0n) is 10.2. The summed E-state index contributed by atoms with van der Waals surface area (Å²) >= 11 is 0. The van der Waals surface area contributed by atoms with Gasteiger partial charge in [0.2, 0.25) is 0 Å². The number of nitrogens with one attached hydrogen (secondary N) is 1. The molecule has 0 spiro atoms. The Balaban J connectivity index is 1.94. The van der Waals surface area contributed by atoms with Crippen LogP contribution in [0.5, 0.6) is 0 Å². The quantitative estimate of drug-likeness (QED) is 0.884. The first kappa shape index (κ1) is 12.7. The van der Waals surface area contributed by atoms with E-state index in [9.17, 15) is 8.78 Å². The molecule has 1 aromatic carbocycles. The number of rotatable bonds is 5. The van der Waals surface area contributed by atoms with E-state index < -0.39 is 11.6 Å². The van der Waals surface area contributed by atoms with Crippen LogP contribution in [-0.4, -0.2) is 9.55 Å². The molecule has 2 aromatic rings. The Hall–Kier alpha value is -1.75. The summed E-state index contributed by atoms with van der Waals surface area (Å²) in [6.45, 7) is 3.73. The van der Waals surface area contributed by atoms with E-state index in [1.807, 2.05) is 11.5 Å². The number of halogens is 2. The van der Waals surface area contributed by atoms with Crippen LogP contribution in [0.3, 0.4) is 0 Å². The normalized spacial score (nSPS) is 10.8. The zero-order chi connectivity index (χ0) is 13.0. The van der Waals surface area contributed by atoms with E-state index in [-0.39, 0.29) is 0 Å². The molecule has 0 aliphatic rings. The molecule has 0 saturated carbocycles. The topological polar surface area (TPSA) is 29.9 Å². The van der Waals surface area contributed by atoms with Crippen molar-refractivity contribution in [2.75, 3.05) is 0 Å². The monoisotopic (exact) mass is 251 g/mol. The van der Waals surface area contributed by atoms with Crippen molar-refractivity contribution in [3.63, 3.8) is 0 Å². The zero-order valence-corrected chi connectivity index (χ0v) is 10.2. The molecule has 0 radical (unpaired) electrons. The largest absolute Gasteiger partial charge is 0.334 e. The van der Waals surface area contributed by atoms with E-state index in [4.69, 9.17) is 0 Å². The number of aryl methyl sites for hydroxylation is 1. The fraction of sp³-hybridized carbons (Fsp3) is 0.308. The van der Waals surface area contributed by atoms with Gasteiger partial charge in [0.15, 0.2) is 0 Å². The van der Waals surface area contributed by atoms with E-state index >= 15 is 0 Å². The lowest BCUT2D eigenvalue weighted by Gasteiger charge is -2.08. The predicted octanol–water partition coefficient (Wildman–Crippen LogP) is 2.47. The molecule has 1 aromatic heterocycles. The van der Waals surface area contributed by atoms with Crippen molar-refractivity contribution >= 4 is 0 Å². The molecule has 0 unspecified atom stereocenters. The van der Waals surface area contributed by atoms with Crippen LogP contribution in [0.25, 0.3) is 0 Å². The standard InChI is InChI=1S/C13H15F2N3/c1-2-18-9-17-8-12(18)7-16-6-10-5-11(14)3-4-13(10)15/h3-5,8-9,16H,2,6-7H2,1H3. The average molecular weight is 251 g/mol. The Kier molecular flexibility index (Phi) is 4.04. The van der Waals surface area contributed by atoms with Crippen molar-refractivity contribution in [1.29, 1.82) is 0 Å². The van der Waals surface area contributed by atoms with Crippen molar-refractivity contribution in [1.82, 2.24) is 14.9 Å². The molecule has 1 N–H and O–H groups in total. The van der Waals surface area contributed by atoms with Crippen LogP contribution in [-0.2, 0) is 19.6 Å². The minimum Gasteiger partial charge on any atom is -0.334 e. The summed E-state index contributed by atoms with van der Waals surface area (Å²) in [5, 5.41) is 3.08. The highest BCUT2D eigenvalue weighted by molar-refractivity contribution is 5.18. The van der Waals surface area contributed by atoms with Gasteiger partial charge >= 0.3 is 0 Å². The van der Waals surface area contributed by atoms with Gasteiger partial charge < -0.3 is 9.88 Å². The van der Waals surface area contributed by atoms with Gasteiger partial charge in [-0.1, -0.05) is 0 Å². The third kappa shape index (κ3) is 2.92. The van der Waals surface area contributed by atoms with Crippen LogP contribution < -0.4 is 5.32 Å². The Morgan fingerprint density at radius 3 is 2.89 bits per heavy atom. The third-order valence-corrected chi connectivity index (χ3v) is 2.77. The molecule has 0 amide bonds. The second-order valence-corrected chi connectivity index (χ2v) is 4.01. The van der Waals surface area contributed by atoms with Crippen LogP contribution >= 0.6 is 0 Å². The van der Waals surface area contributed by atoms with Gasteiger partial charge in [-0.05, 0) is 25.1 Å².